The van der Waals surface area contributed by atoms with Gasteiger partial charge in [-0.05, 0) is 38.4 Å². The fourth-order valence-electron chi connectivity index (χ4n) is 2.89. The van der Waals surface area contributed by atoms with Gasteiger partial charge in [-0.1, -0.05) is 24.6 Å². The third-order valence-corrected chi connectivity index (χ3v) is 5.75. The molecule has 0 saturated carbocycles. The predicted molar refractivity (Wildman–Crippen MR) is 88.6 cm³/mol. The zero-order valence-electron chi connectivity index (χ0n) is 13.2. The fourth-order valence-corrected chi connectivity index (χ4v) is 4.45. The van der Waals surface area contributed by atoms with Gasteiger partial charge in [0.15, 0.2) is 9.84 Å². The fraction of sp³-hybridized carbons (Fsp3) is 0.625. The average molecular weight is 310 g/mol. The van der Waals surface area contributed by atoms with Crippen LogP contribution in [0.15, 0.2) is 18.2 Å². The van der Waals surface area contributed by atoms with Gasteiger partial charge in [0.05, 0.1) is 11.5 Å². The van der Waals surface area contributed by atoms with Gasteiger partial charge in [0, 0.05) is 24.8 Å². The van der Waals surface area contributed by atoms with E-state index in [1.165, 1.54) is 16.8 Å². The number of rotatable bonds is 5. The summed E-state index contributed by atoms with van der Waals surface area (Å²) < 4.78 is 23.5. The molecule has 1 aliphatic heterocycles. The van der Waals surface area contributed by atoms with Crippen LogP contribution < -0.4 is 10.2 Å². The molecule has 0 spiro atoms. The number of aryl methyl sites for hydroxylation is 1. The maximum Gasteiger partial charge on any atom is 0.154 e. The smallest absolute Gasteiger partial charge is 0.154 e. The molecule has 0 bridgehead atoms. The van der Waals surface area contributed by atoms with Crippen molar-refractivity contribution in [1.29, 1.82) is 0 Å². The van der Waals surface area contributed by atoms with Gasteiger partial charge >= 0.3 is 0 Å². The second-order valence-electron chi connectivity index (χ2n) is 5.97. The zero-order chi connectivity index (χ0) is 15.5. The van der Waals surface area contributed by atoms with Crippen LogP contribution in [0, 0.1) is 6.92 Å². The van der Waals surface area contributed by atoms with Gasteiger partial charge in [0.25, 0.3) is 0 Å². The number of sulfone groups is 1. The SMILES string of the molecule is CCCNCc1cc(C)ccc1N1CCS(=O)(=O)CC1C. The molecular weight excluding hydrogens is 284 g/mol. The molecule has 0 radical (unpaired) electrons. The normalized spacial score (nSPS) is 21.5. The first-order valence-electron chi connectivity index (χ1n) is 7.70. The Kier molecular flexibility index (Phi) is 5.27. The summed E-state index contributed by atoms with van der Waals surface area (Å²) in [7, 11) is -2.87. The van der Waals surface area contributed by atoms with Gasteiger partial charge in [0.1, 0.15) is 0 Å². The van der Waals surface area contributed by atoms with E-state index >= 15 is 0 Å². The number of hydrogen-bond donors (Lipinski definition) is 1. The van der Waals surface area contributed by atoms with Crippen molar-refractivity contribution in [1.82, 2.24) is 5.32 Å². The van der Waals surface area contributed by atoms with Crippen molar-refractivity contribution in [3.63, 3.8) is 0 Å². The summed E-state index contributed by atoms with van der Waals surface area (Å²) in [6, 6.07) is 6.48. The topological polar surface area (TPSA) is 49.4 Å². The summed E-state index contributed by atoms with van der Waals surface area (Å²) in [6.07, 6.45) is 1.11. The lowest BCUT2D eigenvalue weighted by Crippen LogP contribution is -2.47. The maximum atomic E-state index is 11.7. The molecular formula is C16H26N2O2S. The number of anilines is 1. The van der Waals surface area contributed by atoms with Crippen molar-refractivity contribution in [2.24, 2.45) is 0 Å². The number of hydrogen-bond acceptors (Lipinski definition) is 4. The molecule has 1 aromatic carbocycles. The molecule has 21 heavy (non-hydrogen) atoms. The van der Waals surface area contributed by atoms with E-state index in [2.05, 4.69) is 42.3 Å². The first-order chi connectivity index (χ1) is 9.93. The summed E-state index contributed by atoms with van der Waals surface area (Å²) in [5.41, 5.74) is 3.67. The highest BCUT2D eigenvalue weighted by molar-refractivity contribution is 7.91. The Morgan fingerprint density at radius 2 is 2.14 bits per heavy atom. The second-order valence-corrected chi connectivity index (χ2v) is 8.19. The van der Waals surface area contributed by atoms with E-state index in [4.69, 9.17) is 0 Å². The lowest BCUT2D eigenvalue weighted by molar-refractivity contribution is 0.567. The van der Waals surface area contributed by atoms with Crippen LogP contribution in [0.4, 0.5) is 5.69 Å². The molecule has 118 valence electrons. The summed E-state index contributed by atoms with van der Waals surface area (Å²) in [5, 5.41) is 3.44. The molecule has 5 heteroatoms. The summed E-state index contributed by atoms with van der Waals surface area (Å²) in [6.45, 7) is 8.67. The van der Waals surface area contributed by atoms with E-state index in [0.717, 1.165) is 19.5 Å². The molecule has 1 aromatic rings. The monoisotopic (exact) mass is 310 g/mol. The van der Waals surface area contributed by atoms with Gasteiger partial charge in [-0.2, -0.15) is 0 Å². The largest absolute Gasteiger partial charge is 0.367 e. The third-order valence-electron chi connectivity index (χ3n) is 3.96. The van der Waals surface area contributed by atoms with E-state index < -0.39 is 9.84 Å². The predicted octanol–water partition coefficient (Wildman–Crippen LogP) is 2.12. The minimum absolute atomic E-state index is 0.0383. The van der Waals surface area contributed by atoms with E-state index in [9.17, 15) is 8.42 Å². The van der Waals surface area contributed by atoms with Crippen molar-refractivity contribution in [2.45, 2.75) is 39.8 Å². The van der Waals surface area contributed by atoms with Crippen molar-refractivity contribution in [3.05, 3.63) is 29.3 Å². The number of nitrogens with zero attached hydrogens (tertiary/aromatic N) is 1. The molecule has 0 amide bonds. The highest BCUT2D eigenvalue weighted by atomic mass is 32.2. The van der Waals surface area contributed by atoms with Crippen molar-refractivity contribution in [3.8, 4) is 0 Å². The van der Waals surface area contributed by atoms with Crippen molar-refractivity contribution < 1.29 is 8.42 Å². The van der Waals surface area contributed by atoms with Crippen LogP contribution in [0.2, 0.25) is 0 Å². The van der Waals surface area contributed by atoms with Crippen LogP contribution in [0.25, 0.3) is 0 Å². The summed E-state index contributed by atoms with van der Waals surface area (Å²) in [5.74, 6) is 0.510. The third kappa shape index (κ3) is 4.20. The molecule has 1 heterocycles. The van der Waals surface area contributed by atoms with E-state index in [1.807, 2.05) is 6.92 Å². The maximum absolute atomic E-state index is 11.7. The molecule has 1 saturated heterocycles. The lowest BCUT2D eigenvalue weighted by atomic mass is 10.1. The Labute approximate surface area is 128 Å². The molecule has 1 unspecified atom stereocenters. The molecule has 0 aromatic heterocycles. The summed E-state index contributed by atoms with van der Waals surface area (Å²) in [4.78, 5) is 2.24. The Morgan fingerprint density at radius 3 is 2.81 bits per heavy atom. The van der Waals surface area contributed by atoms with Crippen LogP contribution in [-0.2, 0) is 16.4 Å². The van der Waals surface area contributed by atoms with Gasteiger partial charge in [-0.15, -0.1) is 0 Å². The number of nitrogens with one attached hydrogen (secondary N) is 1. The van der Waals surface area contributed by atoms with Gasteiger partial charge < -0.3 is 10.2 Å². The lowest BCUT2D eigenvalue weighted by Gasteiger charge is -2.36. The highest BCUT2D eigenvalue weighted by Crippen LogP contribution is 2.26. The minimum atomic E-state index is -2.87. The second kappa shape index (κ2) is 6.79. The van der Waals surface area contributed by atoms with Crippen molar-refractivity contribution in [2.75, 3.05) is 29.5 Å². The van der Waals surface area contributed by atoms with Gasteiger partial charge in [-0.25, -0.2) is 8.42 Å². The van der Waals surface area contributed by atoms with Crippen LogP contribution in [-0.4, -0.2) is 39.1 Å². The molecule has 1 N–H and O–H groups in total. The molecule has 4 nitrogen and oxygen atoms in total. The van der Waals surface area contributed by atoms with Crippen LogP contribution in [0.3, 0.4) is 0 Å². The van der Waals surface area contributed by atoms with E-state index in [1.54, 1.807) is 0 Å². The average Bonchev–Trinajstić information content (AvgIpc) is 2.39. The molecule has 1 atom stereocenters. The Hall–Kier alpha value is -1.07. The highest BCUT2D eigenvalue weighted by Gasteiger charge is 2.29. The van der Waals surface area contributed by atoms with Crippen molar-refractivity contribution >= 4 is 15.5 Å². The molecule has 0 aliphatic carbocycles. The van der Waals surface area contributed by atoms with Crippen LogP contribution >= 0.6 is 0 Å². The van der Waals surface area contributed by atoms with Crippen LogP contribution in [0.5, 0.6) is 0 Å². The molecule has 2 rings (SSSR count). The minimum Gasteiger partial charge on any atom is -0.367 e. The Balaban J connectivity index is 2.22. The first kappa shape index (κ1) is 16.3. The van der Waals surface area contributed by atoms with E-state index in [0.29, 0.717) is 6.54 Å². The van der Waals surface area contributed by atoms with Gasteiger partial charge in [-0.3, -0.25) is 0 Å². The molecule has 1 aliphatic rings. The quantitative estimate of drug-likeness (QED) is 0.846. The van der Waals surface area contributed by atoms with Gasteiger partial charge in [0.2, 0.25) is 0 Å². The summed E-state index contributed by atoms with van der Waals surface area (Å²) >= 11 is 0. The van der Waals surface area contributed by atoms with E-state index in [-0.39, 0.29) is 17.5 Å². The standard InChI is InChI=1S/C16H26N2O2S/c1-4-7-17-11-15-10-13(2)5-6-16(15)18-8-9-21(19,20)12-14(18)3/h5-6,10,14,17H,4,7-9,11-12H2,1-3H3. The Bertz CT molecular complexity index is 584. The zero-order valence-corrected chi connectivity index (χ0v) is 14.0. The molecule has 1 fully saturated rings. The van der Waals surface area contributed by atoms with Crippen LogP contribution in [0.1, 0.15) is 31.4 Å². The Morgan fingerprint density at radius 1 is 1.38 bits per heavy atom. The number of benzene rings is 1. The first-order valence-corrected chi connectivity index (χ1v) is 9.52.